The minimum atomic E-state index is -3.39. The summed E-state index contributed by atoms with van der Waals surface area (Å²) in [4.78, 5) is 0.450. The lowest BCUT2D eigenvalue weighted by Gasteiger charge is -2.31. The van der Waals surface area contributed by atoms with Crippen LogP contribution in [0, 0.1) is 0 Å². The topological polar surface area (TPSA) is 72.6 Å². The van der Waals surface area contributed by atoms with Crippen LogP contribution in [0.15, 0.2) is 23.1 Å². The average Bonchev–Trinajstić information content (AvgIpc) is 2.62. The summed E-state index contributed by atoms with van der Waals surface area (Å²) >= 11 is 0. The normalized spacial score (nSPS) is 20.0. The number of hydrogen-bond acceptors (Lipinski definition) is 4. The van der Waals surface area contributed by atoms with Crippen LogP contribution in [0.4, 0.5) is 0 Å². The number of ether oxygens (including phenoxy) is 1. The molecule has 0 radical (unpaired) electrons. The molecule has 134 valence electrons. The first-order valence-corrected chi connectivity index (χ1v) is 10.5. The molecule has 2 aliphatic rings. The van der Waals surface area contributed by atoms with E-state index in [-0.39, 0.29) is 6.10 Å². The molecule has 0 bridgehead atoms. The number of fused-ring (bicyclic) bond motifs is 1. The van der Waals surface area contributed by atoms with Crippen molar-refractivity contribution in [3.05, 3.63) is 29.3 Å². The number of hydrogen-bond donors (Lipinski definition) is 1. The van der Waals surface area contributed by atoms with Gasteiger partial charge in [0.1, 0.15) is 0 Å². The van der Waals surface area contributed by atoms with E-state index in [1.54, 1.807) is 10.4 Å². The summed E-state index contributed by atoms with van der Waals surface area (Å²) in [5.41, 5.74) is 7.99. The number of nitrogens with two attached hydrogens (primary N) is 1. The van der Waals surface area contributed by atoms with Gasteiger partial charge in [-0.15, -0.1) is 0 Å². The Morgan fingerprint density at radius 2 is 1.83 bits per heavy atom. The van der Waals surface area contributed by atoms with E-state index in [4.69, 9.17) is 10.5 Å². The van der Waals surface area contributed by atoms with E-state index in [9.17, 15) is 8.42 Å². The fourth-order valence-electron chi connectivity index (χ4n) is 3.59. The standard InChI is InChI=1S/C18H28N2O3S/c19-10-3-13-23-17-8-11-20(12-9-17)24(21,22)18-7-6-15-4-1-2-5-16(15)14-18/h6-7,14,17H,1-5,8-13,19H2. The Hall–Kier alpha value is -0.950. The Kier molecular flexibility index (Phi) is 5.92. The Morgan fingerprint density at radius 3 is 2.54 bits per heavy atom. The van der Waals surface area contributed by atoms with Crippen molar-refractivity contribution in [1.29, 1.82) is 0 Å². The van der Waals surface area contributed by atoms with Crippen molar-refractivity contribution in [2.45, 2.75) is 55.9 Å². The molecule has 1 aromatic carbocycles. The number of benzene rings is 1. The van der Waals surface area contributed by atoms with E-state index in [1.165, 1.54) is 17.5 Å². The van der Waals surface area contributed by atoms with Crippen molar-refractivity contribution in [3.63, 3.8) is 0 Å². The highest BCUT2D eigenvalue weighted by Gasteiger charge is 2.30. The van der Waals surface area contributed by atoms with Crippen LogP contribution in [0.1, 0.15) is 43.2 Å². The molecule has 1 fully saturated rings. The highest BCUT2D eigenvalue weighted by Crippen LogP contribution is 2.27. The van der Waals surface area contributed by atoms with E-state index in [0.717, 1.165) is 38.5 Å². The lowest BCUT2D eigenvalue weighted by molar-refractivity contribution is 0.0209. The van der Waals surface area contributed by atoms with Crippen molar-refractivity contribution >= 4 is 10.0 Å². The first kappa shape index (κ1) is 17.9. The van der Waals surface area contributed by atoms with Gasteiger partial charge in [-0.3, -0.25) is 0 Å². The maximum Gasteiger partial charge on any atom is 0.243 e. The number of piperidine rings is 1. The molecule has 1 aliphatic heterocycles. The summed E-state index contributed by atoms with van der Waals surface area (Å²) in [6.45, 7) is 2.36. The molecular weight excluding hydrogens is 324 g/mol. The van der Waals surface area contributed by atoms with Crippen molar-refractivity contribution < 1.29 is 13.2 Å². The fourth-order valence-corrected chi connectivity index (χ4v) is 5.11. The van der Waals surface area contributed by atoms with Crippen LogP contribution in [-0.2, 0) is 27.6 Å². The summed E-state index contributed by atoms with van der Waals surface area (Å²) in [5.74, 6) is 0. The first-order valence-electron chi connectivity index (χ1n) is 9.05. The molecule has 24 heavy (non-hydrogen) atoms. The van der Waals surface area contributed by atoms with Crippen LogP contribution in [0.3, 0.4) is 0 Å². The van der Waals surface area contributed by atoms with E-state index >= 15 is 0 Å². The Balaban J connectivity index is 1.64. The van der Waals surface area contributed by atoms with Crippen LogP contribution in [-0.4, -0.2) is 45.1 Å². The summed E-state index contributed by atoms with van der Waals surface area (Å²) in [6.07, 6.45) is 6.96. The SMILES string of the molecule is NCCCOC1CCN(S(=O)(=O)c2ccc3c(c2)CCCC3)CC1. The van der Waals surface area contributed by atoms with Crippen molar-refractivity contribution in [2.75, 3.05) is 26.2 Å². The minimum absolute atomic E-state index is 0.159. The van der Waals surface area contributed by atoms with Gasteiger partial charge >= 0.3 is 0 Å². The van der Waals surface area contributed by atoms with Gasteiger partial charge in [-0.2, -0.15) is 4.31 Å². The Morgan fingerprint density at radius 1 is 1.12 bits per heavy atom. The van der Waals surface area contributed by atoms with Crippen molar-refractivity contribution in [2.24, 2.45) is 5.73 Å². The van der Waals surface area contributed by atoms with Gasteiger partial charge in [0, 0.05) is 19.7 Å². The van der Waals surface area contributed by atoms with Crippen LogP contribution in [0.25, 0.3) is 0 Å². The van der Waals surface area contributed by atoms with E-state index < -0.39 is 10.0 Å². The molecule has 0 aromatic heterocycles. The molecule has 2 N–H and O–H groups in total. The van der Waals surface area contributed by atoms with Gasteiger partial charge in [0.2, 0.25) is 10.0 Å². The monoisotopic (exact) mass is 352 g/mol. The quantitative estimate of drug-likeness (QED) is 0.796. The molecule has 1 aliphatic carbocycles. The molecule has 0 amide bonds. The molecule has 3 rings (SSSR count). The molecule has 0 spiro atoms. The molecule has 5 nitrogen and oxygen atoms in total. The van der Waals surface area contributed by atoms with Crippen LogP contribution < -0.4 is 5.73 Å². The van der Waals surface area contributed by atoms with Gasteiger partial charge in [-0.05, 0) is 74.8 Å². The molecule has 0 unspecified atom stereocenters. The largest absolute Gasteiger partial charge is 0.378 e. The number of sulfonamides is 1. The van der Waals surface area contributed by atoms with Crippen molar-refractivity contribution in [1.82, 2.24) is 4.31 Å². The van der Waals surface area contributed by atoms with E-state index in [0.29, 0.717) is 31.1 Å². The average molecular weight is 353 g/mol. The third-order valence-corrected chi connectivity index (χ3v) is 6.96. The summed E-state index contributed by atoms with van der Waals surface area (Å²) < 4.78 is 33.2. The van der Waals surface area contributed by atoms with Gasteiger partial charge < -0.3 is 10.5 Å². The van der Waals surface area contributed by atoms with Gasteiger partial charge in [0.05, 0.1) is 11.0 Å². The second-order valence-corrected chi connectivity index (χ2v) is 8.69. The summed E-state index contributed by atoms with van der Waals surface area (Å²) in [5, 5.41) is 0. The third-order valence-electron chi connectivity index (χ3n) is 5.06. The molecule has 1 saturated heterocycles. The minimum Gasteiger partial charge on any atom is -0.378 e. The first-order chi connectivity index (χ1) is 11.6. The molecule has 1 aromatic rings. The molecule has 6 heteroatoms. The molecule has 0 atom stereocenters. The highest BCUT2D eigenvalue weighted by atomic mass is 32.2. The van der Waals surface area contributed by atoms with Gasteiger partial charge in [-0.25, -0.2) is 8.42 Å². The predicted molar refractivity (Wildman–Crippen MR) is 94.5 cm³/mol. The maximum atomic E-state index is 12.9. The Bertz CT molecular complexity index is 652. The second-order valence-electron chi connectivity index (χ2n) is 6.75. The maximum absolute atomic E-state index is 12.9. The van der Waals surface area contributed by atoms with Gasteiger partial charge in [0.25, 0.3) is 0 Å². The zero-order valence-electron chi connectivity index (χ0n) is 14.2. The van der Waals surface area contributed by atoms with E-state index in [2.05, 4.69) is 0 Å². The van der Waals surface area contributed by atoms with Crippen LogP contribution >= 0.6 is 0 Å². The predicted octanol–water partition coefficient (Wildman–Crippen LogP) is 2.08. The molecular formula is C18H28N2O3S. The van der Waals surface area contributed by atoms with Crippen molar-refractivity contribution in [3.8, 4) is 0 Å². The Labute approximate surface area is 145 Å². The van der Waals surface area contributed by atoms with Crippen LogP contribution in [0.2, 0.25) is 0 Å². The number of rotatable bonds is 6. The zero-order valence-corrected chi connectivity index (χ0v) is 15.1. The van der Waals surface area contributed by atoms with Gasteiger partial charge in [0.15, 0.2) is 0 Å². The molecule has 0 saturated carbocycles. The number of nitrogens with zero attached hydrogens (tertiary/aromatic N) is 1. The van der Waals surface area contributed by atoms with Gasteiger partial charge in [-0.1, -0.05) is 6.07 Å². The number of aryl methyl sites for hydroxylation is 2. The fraction of sp³-hybridized carbons (Fsp3) is 0.667. The summed E-state index contributed by atoms with van der Waals surface area (Å²) in [6, 6.07) is 5.68. The zero-order chi connectivity index (χ0) is 17.0. The lowest BCUT2D eigenvalue weighted by atomic mass is 9.92. The highest BCUT2D eigenvalue weighted by molar-refractivity contribution is 7.89. The van der Waals surface area contributed by atoms with Crippen LogP contribution in [0.5, 0.6) is 0 Å². The van der Waals surface area contributed by atoms with E-state index in [1.807, 2.05) is 12.1 Å². The second kappa shape index (κ2) is 7.95. The smallest absolute Gasteiger partial charge is 0.243 e. The summed E-state index contributed by atoms with van der Waals surface area (Å²) in [7, 11) is -3.39. The molecule has 1 heterocycles. The third kappa shape index (κ3) is 3.99. The lowest BCUT2D eigenvalue weighted by Crippen LogP contribution is -2.41.